The number of hydrogen-bond donors (Lipinski definition) is 2. The summed E-state index contributed by atoms with van der Waals surface area (Å²) in [5.41, 5.74) is 4.41. The molecule has 0 fully saturated rings. The van der Waals surface area contributed by atoms with E-state index in [0.29, 0.717) is 11.5 Å². The molecule has 1 unspecified atom stereocenters. The minimum atomic E-state index is -0.134. The Hall–Kier alpha value is -1.70. The first-order valence-corrected chi connectivity index (χ1v) is 6.67. The highest BCUT2D eigenvalue weighted by atomic mass is 16.3. The highest BCUT2D eigenvalue weighted by molar-refractivity contribution is 5.78. The summed E-state index contributed by atoms with van der Waals surface area (Å²) in [5, 5.41) is 19.6. The van der Waals surface area contributed by atoms with Crippen LogP contribution in [-0.2, 0) is 0 Å². The molecule has 2 nitrogen and oxygen atoms in total. The molecule has 0 heterocycles. The summed E-state index contributed by atoms with van der Waals surface area (Å²) in [6.07, 6.45) is 1.86. The molecule has 0 spiro atoms. The molecule has 2 rings (SSSR count). The van der Waals surface area contributed by atoms with Crippen LogP contribution < -0.4 is 0 Å². The Morgan fingerprint density at radius 2 is 1.74 bits per heavy atom. The van der Waals surface area contributed by atoms with E-state index in [-0.39, 0.29) is 11.3 Å². The summed E-state index contributed by atoms with van der Waals surface area (Å²) in [6.45, 7) is 10.4. The largest absolute Gasteiger partial charge is 0.512 e. The van der Waals surface area contributed by atoms with E-state index in [9.17, 15) is 10.2 Å². The molecular weight excluding hydrogens is 236 g/mol. The van der Waals surface area contributed by atoms with Crippen molar-refractivity contribution in [2.45, 2.75) is 34.6 Å². The van der Waals surface area contributed by atoms with Gasteiger partial charge in [0.1, 0.15) is 5.75 Å². The fourth-order valence-electron chi connectivity index (χ4n) is 3.00. The van der Waals surface area contributed by atoms with Gasteiger partial charge in [0.05, 0.1) is 5.76 Å². The highest BCUT2D eigenvalue weighted by Gasteiger charge is 2.37. The second-order valence-corrected chi connectivity index (χ2v) is 6.07. The first kappa shape index (κ1) is 13.7. The molecule has 102 valence electrons. The second-order valence-electron chi connectivity index (χ2n) is 6.07. The van der Waals surface area contributed by atoms with Crippen molar-refractivity contribution in [2.75, 3.05) is 0 Å². The van der Waals surface area contributed by atoms with Crippen molar-refractivity contribution in [2.24, 2.45) is 11.3 Å². The number of allylic oxidation sites excluding steroid dienone is 4. The second kappa shape index (κ2) is 4.44. The molecule has 0 amide bonds. The van der Waals surface area contributed by atoms with Crippen molar-refractivity contribution >= 4 is 5.57 Å². The number of hydrogen-bond acceptors (Lipinski definition) is 2. The minimum absolute atomic E-state index is 0.0828. The van der Waals surface area contributed by atoms with Crippen LogP contribution in [0.2, 0.25) is 0 Å². The van der Waals surface area contributed by atoms with Gasteiger partial charge in [-0.3, -0.25) is 0 Å². The van der Waals surface area contributed by atoms with Crippen molar-refractivity contribution in [3.8, 4) is 5.75 Å². The van der Waals surface area contributed by atoms with Gasteiger partial charge in [-0.2, -0.15) is 0 Å². The SMILES string of the molecule is CC1=C(c2ccc(O)cc2C)C(C)(C)C(C)C(O)=C1. The summed E-state index contributed by atoms with van der Waals surface area (Å²) in [6, 6.07) is 5.48. The number of rotatable bonds is 1. The molecule has 0 radical (unpaired) electrons. The molecule has 0 bridgehead atoms. The Balaban J connectivity index is 2.68. The molecule has 1 atom stereocenters. The fourth-order valence-corrected chi connectivity index (χ4v) is 3.00. The molecular formula is C17H22O2. The lowest BCUT2D eigenvalue weighted by Crippen LogP contribution is -2.29. The first-order chi connectivity index (χ1) is 8.75. The monoisotopic (exact) mass is 258 g/mol. The smallest absolute Gasteiger partial charge is 0.115 e. The van der Waals surface area contributed by atoms with Gasteiger partial charge in [0.2, 0.25) is 0 Å². The van der Waals surface area contributed by atoms with Gasteiger partial charge in [0.25, 0.3) is 0 Å². The standard InChI is InChI=1S/C17H22O2/c1-10-8-13(18)6-7-14(10)16-11(2)9-15(19)12(3)17(16,4)5/h6-9,12,18-19H,1-5H3. The molecule has 1 aromatic carbocycles. The maximum absolute atomic E-state index is 10.0. The number of aliphatic hydroxyl groups excluding tert-OH is 1. The zero-order valence-electron chi connectivity index (χ0n) is 12.3. The predicted octanol–water partition coefficient (Wildman–Crippen LogP) is 4.59. The summed E-state index contributed by atoms with van der Waals surface area (Å²) in [5.74, 6) is 0.821. The quantitative estimate of drug-likeness (QED) is 0.773. The molecule has 19 heavy (non-hydrogen) atoms. The maximum Gasteiger partial charge on any atom is 0.115 e. The van der Waals surface area contributed by atoms with Gasteiger partial charge in [0.15, 0.2) is 0 Å². The summed E-state index contributed by atoms with van der Waals surface area (Å²) >= 11 is 0. The number of phenols is 1. The number of aromatic hydroxyl groups is 1. The van der Waals surface area contributed by atoms with Crippen LogP contribution in [0.1, 0.15) is 38.8 Å². The van der Waals surface area contributed by atoms with Crippen molar-refractivity contribution in [1.29, 1.82) is 0 Å². The van der Waals surface area contributed by atoms with Gasteiger partial charge < -0.3 is 10.2 Å². The van der Waals surface area contributed by atoms with Crippen molar-refractivity contribution < 1.29 is 10.2 Å². The lowest BCUT2D eigenvalue weighted by molar-refractivity contribution is 0.247. The molecule has 0 aromatic heterocycles. The Bertz CT molecular complexity index is 577. The van der Waals surface area contributed by atoms with Gasteiger partial charge >= 0.3 is 0 Å². The fraction of sp³-hybridized carbons (Fsp3) is 0.412. The molecule has 0 saturated carbocycles. The molecule has 1 aliphatic rings. The first-order valence-electron chi connectivity index (χ1n) is 6.67. The van der Waals surface area contributed by atoms with Crippen LogP contribution in [0, 0.1) is 18.3 Å². The molecule has 2 N–H and O–H groups in total. The normalized spacial score (nSPS) is 22.4. The average Bonchev–Trinajstić information content (AvgIpc) is 2.29. The van der Waals surface area contributed by atoms with E-state index in [1.165, 1.54) is 5.57 Å². The van der Waals surface area contributed by atoms with Gasteiger partial charge in [-0.05, 0) is 54.3 Å². The Morgan fingerprint density at radius 1 is 1.11 bits per heavy atom. The lowest BCUT2D eigenvalue weighted by atomic mass is 9.66. The number of aliphatic hydroxyl groups is 1. The molecule has 1 aliphatic carbocycles. The molecule has 0 saturated heterocycles. The zero-order chi connectivity index (χ0) is 14.4. The van der Waals surface area contributed by atoms with Crippen LogP contribution in [0.4, 0.5) is 0 Å². The third-order valence-corrected chi connectivity index (χ3v) is 4.41. The van der Waals surface area contributed by atoms with Crippen molar-refractivity contribution in [1.82, 2.24) is 0 Å². The highest BCUT2D eigenvalue weighted by Crippen LogP contribution is 2.49. The van der Waals surface area contributed by atoms with Gasteiger partial charge in [-0.1, -0.05) is 26.8 Å². The summed E-state index contributed by atoms with van der Waals surface area (Å²) < 4.78 is 0. The van der Waals surface area contributed by atoms with E-state index < -0.39 is 0 Å². The summed E-state index contributed by atoms with van der Waals surface area (Å²) in [7, 11) is 0. The van der Waals surface area contributed by atoms with Crippen LogP contribution in [0.25, 0.3) is 5.57 Å². The third-order valence-electron chi connectivity index (χ3n) is 4.41. The van der Waals surface area contributed by atoms with E-state index in [2.05, 4.69) is 13.8 Å². The maximum atomic E-state index is 10.0. The number of phenolic OH excluding ortho intramolecular Hbond substituents is 1. The van der Waals surface area contributed by atoms with Crippen molar-refractivity contribution in [3.63, 3.8) is 0 Å². The zero-order valence-corrected chi connectivity index (χ0v) is 12.3. The molecule has 1 aromatic rings. The van der Waals surface area contributed by atoms with Gasteiger partial charge in [-0.15, -0.1) is 0 Å². The summed E-state index contributed by atoms with van der Waals surface area (Å²) in [4.78, 5) is 0. The topological polar surface area (TPSA) is 40.5 Å². The van der Waals surface area contributed by atoms with E-state index in [1.807, 2.05) is 32.9 Å². The van der Waals surface area contributed by atoms with Crippen LogP contribution in [0.15, 0.2) is 35.6 Å². The average molecular weight is 258 g/mol. The number of benzene rings is 1. The molecule has 0 aliphatic heterocycles. The van der Waals surface area contributed by atoms with Crippen molar-refractivity contribution in [3.05, 3.63) is 46.7 Å². The van der Waals surface area contributed by atoms with Crippen LogP contribution >= 0.6 is 0 Å². The van der Waals surface area contributed by atoms with E-state index in [1.54, 1.807) is 12.1 Å². The lowest BCUT2D eigenvalue weighted by Gasteiger charge is -2.39. The van der Waals surface area contributed by atoms with E-state index in [4.69, 9.17) is 0 Å². The van der Waals surface area contributed by atoms with Gasteiger partial charge in [-0.25, -0.2) is 0 Å². The van der Waals surface area contributed by atoms with Crippen LogP contribution in [0.5, 0.6) is 5.75 Å². The van der Waals surface area contributed by atoms with E-state index in [0.717, 1.165) is 16.7 Å². The molecule has 2 heteroatoms. The Morgan fingerprint density at radius 3 is 2.32 bits per heavy atom. The van der Waals surface area contributed by atoms with Crippen LogP contribution in [-0.4, -0.2) is 10.2 Å². The minimum Gasteiger partial charge on any atom is -0.512 e. The van der Waals surface area contributed by atoms with Crippen LogP contribution in [0.3, 0.4) is 0 Å². The van der Waals surface area contributed by atoms with E-state index >= 15 is 0 Å². The third kappa shape index (κ3) is 2.16. The Kier molecular flexibility index (Phi) is 3.21. The Labute approximate surface area is 115 Å². The van der Waals surface area contributed by atoms with Gasteiger partial charge in [0, 0.05) is 11.3 Å². The predicted molar refractivity (Wildman–Crippen MR) is 79.1 cm³/mol. The number of aryl methyl sites for hydroxylation is 1.